The number of piperidine rings is 1. The quantitative estimate of drug-likeness (QED) is 0.663. The molecular formula is C20H22N4O2. The fourth-order valence-electron chi connectivity index (χ4n) is 3.68. The molecule has 134 valence electrons. The van der Waals surface area contributed by atoms with Gasteiger partial charge in [0.25, 0.3) is 0 Å². The van der Waals surface area contributed by atoms with Crippen LogP contribution < -0.4 is 5.32 Å². The Labute approximate surface area is 151 Å². The largest absolute Gasteiger partial charge is 0.385 e. The molecule has 2 heterocycles. The number of anilines is 1. The van der Waals surface area contributed by atoms with Gasteiger partial charge in [-0.2, -0.15) is 5.10 Å². The Hall–Kier alpha value is -2.86. The average molecular weight is 350 g/mol. The van der Waals surface area contributed by atoms with Gasteiger partial charge in [-0.15, -0.1) is 0 Å². The maximum atomic E-state index is 12.6. The molecule has 1 aromatic heterocycles. The molecule has 1 saturated heterocycles. The Morgan fingerprint density at radius 1 is 1.15 bits per heavy atom. The predicted molar refractivity (Wildman–Crippen MR) is 101 cm³/mol. The van der Waals surface area contributed by atoms with Crippen LogP contribution in [0.25, 0.3) is 10.9 Å². The topological polar surface area (TPSA) is 81.2 Å². The van der Waals surface area contributed by atoms with Crippen LogP contribution in [0.4, 0.5) is 10.6 Å². The lowest BCUT2D eigenvalue weighted by Crippen LogP contribution is -2.47. The lowest BCUT2D eigenvalue weighted by Gasteiger charge is -2.39. The van der Waals surface area contributed by atoms with Gasteiger partial charge in [-0.05, 0) is 43.0 Å². The molecule has 3 N–H and O–H groups in total. The van der Waals surface area contributed by atoms with Gasteiger partial charge in [0.2, 0.25) is 0 Å². The van der Waals surface area contributed by atoms with Gasteiger partial charge < -0.3 is 10.0 Å². The zero-order valence-electron chi connectivity index (χ0n) is 14.7. The third-order valence-electron chi connectivity index (χ3n) is 5.22. The Balaban J connectivity index is 1.45. The Morgan fingerprint density at radius 2 is 1.85 bits per heavy atom. The van der Waals surface area contributed by atoms with Gasteiger partial charge in [-0.3, -0.25) is 10.4 Å². The summed E-state index contributed by atoms with van der Waals surface area (Å²) in [5.41, 5.74) is 2.05. The van der Waals surface area contributed by atoms with Gasteiger partial charge in [0.1, 0.15) is 0 Å². The van der Waals surface area contributed by atoms with E-state index < -0.39 is 5.60 Å². The standard InChI is InChI=1S/C20H22N4O2/c1-14-6-2-4-8-16(14)20(26)10-12-24(13-11-20)19(25)21-18-15-7-3-5-9-17(15)22-23-18/h2-9,26H,10-13H2,1H3,(H2,21,22,23,25). The van der Waals surface area contributed by atoms with Gasteiger partial charge >= 0.3 is 6.03 Å². The molecule has 0 saturated carbocycles. The summed E-state index contributed by atoms with van der Waals surface area (Å²) in [5, 5.41) is 21.9. The van der Waals surface area contributed by atoms with Crippen molar-refractivity contribution in [2.45, 2.75) is 25.4 Å². The van der Waals surface area contributed by atoms with Crippen molar-refractivity contribution in [3.05, 3.63) is 59.7 Å². The first-order chi connectivity index (χ1) is 12.6. The number of rotatable bonds is 2. The van der Waals surface area contributed by atoms with Crippen molar-refractivity contribution in [2.24, 2.45) is 0 Å². The maximum absolute atomic E-state index is 12.6. The van der Waals surface area contributed by atoms with Crippen molar-refractivity contribution in [3.8, 4) is 0 Å². The summed E-state index contributed by atoms with van der Waals surface area (Å²) in [5.74, 6) is 0.533. The molecule has 1 aliphatic heterocycles. The third kappa shape index (κ3) is 2.93. The van der Waals surface area contributed by atoms with Crippen LogP contribution in [0.1, 0.15) is 24.0 Å². The molecule has 6 nitrogen and oxygen atoms in total. The van der Waals surface area contributed by atoms with Crippen LogP contribution in [-0.2, 0) is 5.60 Å². The Bertz CT molecular complexity index is 942. The summed E-state index contributed by atoms with van der Waals surface area (Å²) in [6.07, 6.45) is 1.04. The van der Waals surface area contributed by atoms with Gasteiger partial charge in [-0.1, -0.05) is 36.4 Å². The van der Waals surface area contributed by atoms with E-state index >= 15 is 0 Å². The van der Waals surface area contributed by atoms with Crippen LogP contribution in [-0.4, -0.2) is 39.3 Å². The molecular weight excluding hydrogens is 328 g/mol. The molecule has 2 aromatic carbocycles. The first-order valence-corrected chi connectivity index (χ1v) is 8.84. The SMILES string of the molecule is Cc1ccccc1C1(O)CCN(C(=O)Nc2n[nH]c3ccccc23)CC1. The minimum Gasteiger partial charge on any atom is -0.385 e. The van der Waals surface area contributed by atoms with Crippen LogP contribution in [0.2, 0.25) is 0 Å². The first-order valence-electron chi connectivity index (χ1n) is 8.84. The molecule has 0 unspecified atom stereocenters. The van der Waals surface area contributed by atoms with Crippen molar-refractivity contribution in [2.75, 3.05) is 18.4 Å². The number of benzene rings is 2. The van der Waals surface area contributed by atoms with Crippen molar-refractivity contribution < 1.29 is 9.90 Å². The van der Waals surface area contributed by atoms with E-state index in [2.05, 4.69) is 15.5 Å². The smallest absolute Gasteiger partial charge is 0.323 e. The minimum atomic E-state index is -0.874. The van der Waals surface area contributed by atoms with E-state index in [1.807, 2.05) is 55.5 Å². The van der Waals surface area contributed by atoms with Crippen molar-refractivity contribution in [1.29, 1.82) is 0 Å². The number of carbonyl (C=O) groups excluding carboxylic acids is 1. The molecule has 0 radical (unpaired) electrons. The molecule has 4 rings (SSSR count). The van der Waals surface area contributed by atoms with Crippen LogP contribution in [0.15, 0.2) is 48.5 Å². The maximum Gasteiger partial charge on any atom is 0.323 e. The lowest BCUT2D eigenvalue weighted by atomic mass is 9.82. The number of urea groups is 1. The number of aryl methyl sites for hydroxylation is 1. The molecule has 0 atom stereocenters. The molecule has 26 heavy (non-hydrogen) atoms. The van der Waals surface area contributed by atoms with E-state index in [1.54, 1.807) is 4.90 Å². The van der Waals surface area contributed by atoms with Crippen LogP contribution in [0, 0.1) is 6.92 Å². The van der Waals surface area contributed by atoms with E-state index in [0.29, 0.717) is 31.7 Å². The van der Waals surface area contributed by atoms with Gasteiger partial charge in [0.15, 0.2) is 5.82 Å². The van der Waals surface area contributed by atoms with Crippen molar-refractivity contribution in [1.82, 2.24) is 15.1 Å². The highest BCUT2D eigenvalue weighted by molar-refractivity contribution is 5.98. The summed E-state index contributed by atoms with van der Waals surface area (Å²) in [7, 11) is 0. The highest BCUT2D eigenvalue weighted by atomic mass is 16.3. The lowest BCUT2D eigenvalue weighted by molar-refractivity contribution is -0.0161. The summed E-state index contributed by atoms with van der Waals surface area (Å²) in [6.45, 7) is 3.01. The highest BCUT2D eigenvalue weighted by Gasteiger charge is 2.36. The van der Waals surface area contributed by atoms with Crippen molar-refractivity contribution in [3.63, 3.8) is 0 Å². The van der Waals surface area contributed by atoms with Crippen molar-refractivity contribution >= 4 is 22.8 Å². The van der Waals surface area contributed by atoms with Gasteiger partial charge in [0, 0.05) is 18.5 Å². The second-order valence-electron chi connectivity index (χ2n) is 6.88. The third-order valence-corrected chi connectivity index (χ3v) is 5.22. The average Bonchev–Trinajstić information content (AvgIpc) is 3.05. The molecule has 0 aliphatic carbocycles. The fraction of sp³-hybridized carbons (Fsp3) is 0.300. The molecule has 0 bridgehead atoms. The van der Waals surface area contributed by atoms with Crippen LogP contribution >= 0.6 is 0 Å². The second kappa shape index (κ2) is 6.46. The monoisotopic (exact) mass is 350 g/mol. The Kier molecular flexibility index (Phi) is 4.12. The molecule has 0 spiro atoms. The normalized spacial score (nSPS) is 16.6. The fourth-order valence-corrected chi connectivity index (χ4v) is 3.68. The summed E-state index contributed by atoms with van der Waals surface area (Å²) < 4.78 is 0. The molecule has 1 aliphatic rings. The number of nitrogens with one attached hydrogen (secondary N) is 2. The zero-order valence-corrected chi connectivity index (χ0v) is 14.7. The number of hydrogen-bond donors (Lipinski definition) is 3. The number of fused-ring (bicyclic) bond motifs is 1. The van der Waals surface area contributed by atoms with E-state index in [0.717, 1.165) is 22.0 Å². The number of aliphatic hydroxyl groups is 1. The number of nitrogens with zero attached hydrogens (tertiary/aromatic N) is 2. The van der Waals surface area contributed by atoms with E-state index in [1.165, 1.54) is 0 Å². The summed E-state index contributed by atoms with van der Waals surface area (Å²) in [4.78, 5) is 14.3. The minimum absolute atomic E-state index is 0.186. The van der Waals surface area contributed by atoms with Gasteiger partial charge in [0.05, 0.1) is 11.1 Å². The molecule has 6 heteroatoms. The first kappa shape index (κ1) is 16.6. The number of likely N-dealkylation sites (tertiary alicyclic amines) is 1. The number of amides is 2. The summed E-state index contributed by atoms with van der Waals surface area (Å²) in [6, 6.07) is 15.4. The number of para-hydroxylation sites is 1. The van der Waals surface area contributed by atoms with Crippen LogP contribution in [0.3, 0.4) is 0 Å². The second-order valence-corrected chi connectivity index (χ2v) is 6.88. The molecule has 1 fully saturated rings. The van der Waals surface area contributed by atoms with Crippen LogP contribution in [0.5, 0.6) is 0 Å². The zero-order chi connectivity index (χ0) is 18.1. The van der Waals surface area contributed by atoms with E-state index in [4.69, 9.17) is 0 Å². The number of carbonyl (C=O) groups is 1. The Morgan fingerprint density at radius 3 is 2.62 bits per heavy atom. The number of hydrogen-bond acceptors (Lipinski definition) is 3. The number of H-pyrrole nitrogens is 1. The number of aromatic nitrogens is 2. The van der Waals surface area contributed by atoms with E-state index in [-0.39, 0.29) is 6.03 Å². The number of aromatic amines is 1. The molecule has 3 aromatic rings. The van der Waals surface area contributed by atoms with Gasteiger partial charge in [-0.25, -0.2) is 4.79 Å². The van der Waals surface area contributed by atoms with E-state index in [9.17, 15) is 9.90 Å². The predicted octanol–water partition coefficient (Wildman–Crippen LogP) is 3.39. The summed E-state index contributed by atoms with van der Waals surface area (Å²) >= 11 is 0. The molecule has 2 amide bonds. The highest BCUT2D eigenvalue weighted by Crippen LogP contribution is 2.34.